The van der Waals surface area contributed by atoms with Gasteiger partial charge in [-0.05, 0) is 77.0 Å². The Labute approximate surface area is 245 Å². The summed E-state index contributed by atoms with van der Waals surface area (Å²) in [7, 11) is -1.49. The summed E-state index contributed by atoms with van der Waals surface area (Å²) in [6.45, 7) is 5.28. The lowest BCUT2D eigenvalue weighted by atomic mass is 9.81. The Morgan fingerprint density at radius 2 is 1.69 bits per heavy atom. The second-order valence-electron chi connectivity index (χ2n) is 11.7. The summed E-state index contributed by atoms with van der Waals surface area (Å²) in [4.78, 5) is 17.7. The third-order valence-corrected chi connectivity index (χ3v) is 10.6. The lowest BCUT2D eigenvalue weighted by molar-refractivity contribution is -0.183. The lowest BCUT2D eigenvalue weighted by Crippen LogP contribution is -2.34. The number of aromatic nitrogens is 3. The van der Waals surface area contributed by atoms with Crippen LogP contribution in [0.1, 0.15) is 74.3 Å². The first-order valence-corrected chi connectivity index (χ1v) is 16.7. The van der Waals surface area contributed by atoms with E-state index >= 15 is 0 Å². The SMILES string of the molecule is CCn1nc(C(=O)NCC2CCC(S(C)(=O)=O)CC2)c(C)c1-c1cnc(NC[C@H]2CC[C@H](C(F)(F)F)CC2)cc1OC. The number of halogens is 3. The highest BCUT2D eigenvalue weighted by Gasteiger charge is 2.41. The molecule has 0 saturated heterocycles. The van der Waals surface area contributed by atoms with Gasteiger partial charge in [0.05, 0.1) is 29.5 Å². The summed E-state index contributed by atoms with van der Waals surface area (Å²) in [5.41, 5.74) is 2.41. The molecule has 0 aliphatic heterocycles. The number of nitrogens with one attached hydrogen (secondary N) is 2. The number of anilines is 1. The van der Waals surface area contributed by atoms with Crippen LogP contribution in [0.2, 0.25) is 0 Å². The molecule has 0 radical (unpaired) electrons. The molecule has 0 spiro atoms. The van der Waals surface area contributed by atoms with Crippen molar-refractivity contribution in [3.8, 4) is 17.0 Å². The van der Waals surface area contributed by atoms with Gasteiger partial charge < -0.3 is 15.4 Å². The van der Waals surface area contributed by atoms with Gasteiger partial charge in [0.25, 0.3) is 5.91 Å². The van der Waals surface area contributed by atoms with Crippen LogP contribution in [0.15, 0.2) is 12.3 Å². The number of aryl methyl sites for hydroxylation is 1. The standard InChI is InChI=1S/C29H42F3N5O4S/c1-5-37-27(18(2)26(36-37)28(38)35-16-20-8-12-22(13-9-20)42(4,39)40)23-17-34-25(14-24(23)41-3)33-15-19-6-10-21(11-7-19)29(30,31)32/h14,17,19-22H,5-13,15-16H2,1-4H3,(H,33,34)(H,35,38)/t19-,20?,21-,22?. The molecule has 234 valence electrons. The van der Waals surface area contributed by atoms with E-state index in [1.807, 2.05) is 13.8 Å². The molecule has 2 aromatic heterocycles. The van der Waals surface area contributed by atoms with Gasteiger partial charge in [0.1, 0.15) is 21.4 Å². The Kier molecular flexibility index (Phi) is 10.1. The fourth-order valence-electron chi connectivity index (χ4n) is 6.25. The number of methoxy groups -OCH3 is 1. The highest BCUT2D eigenvalue weighted by molar-refractivity contribution is 7.91. The number of carbonyl (C=O) groups is 1. The molecule has 2 N–H and O–H groups in total. The summed E-state index contributed by atoms with van der Waals surface area (Å²) in [5, 5.41) is 10.5. The van der Waals surface area contributed by atoms with Crippen LogP contribution in [0.3, 0.4) is 0 Å². The van der Waals surface area contributed by atoms with Crippen molar-refractivity contribution in [1.82, 2.24) is 20.1 Å². The van der Waals surface area contributed by atoms with Gasteiger partial charge in [-0.25, -0.2) is 13.4 Å². The van der Waals surface area contributed by atoms with Crippen LogP contribution in [0.4, 0.5) is 19.0 Å². The first kappa shape index (κ1) is 32.1. The minimum Gasteiger partial charge on any atom is -0.496 e. The Morgan fingerprint density at radius 3 is 2.26 bits per heavy atom. The molecule has 0 atom stereocenters. The molecule has 2 aliphatic rings. The number of hydrogen-bond donors (Lipinski definition) is 2. The van der Waals surface area contributed by atoms with Crippen molar-refractivity contribution in [2.24, 2.45) is 17.8 Å². The van der Waals surface area contributed by atoms with Crippen LogP contribution < -0.4 is 15.4 Å². The van der Waals surface area contributed by atoms with Crippen molar-refractivity contribution < 1.29 is 31.1 Å². The second-order valence-corrected chi connectivity index (χ2v) is 14.1. The molecule has 4 rings (SSSR count). The molecule has 2 fully saturated rings. The van der Waals surface area contributed by atoms with Crippen molar-refractivity contribution in [3.63, 3.8) is 0 Å². The van der Waals surface area contributed by atoms with Crippen LogP contribution in [0, 0.1) is 24.7 Å². The quantitative estimate of drug-likeness (QED) is 0.369. The van der Waals surface area contributed by atoms with Gasteiger partial charge in [-0.2, -0.15) is 18.3 Å². The molecule has 42 heavy (non-hydrogen) atoms. The molecule has 9 nitrogen and oxygen atoms in total. The number of sulfone groups is 1. The monoisotopic (exact) mass is 613 g/mol. The molecule has 0 aromatic carbocycles. The van der Waals surface area contributed by atoms with Gasteiger partial charge in [-0.15, -0.1) is 0 Å². The van der Waals surface area contributed by atoms with Crippen molar-refractivity contribution in [2.75, 3.05) is 31.8 Å². The number of nitrogens with zero attached hydrogens (tertiary/aromatic N) is 3. The van der Waals surface area contributed by atoms with E-state index in [4.69, 9.17) is 4.74 Å². The largest absolute Gasteiger partial charge is 0.496 e. The third-order valence-electron chi connectivity index (χ3n) is 8.88. The Hall–Kier alpha value is -2.83. The Bertz CT molecular complexity index is 1350. The minimum absolute atomic E-state index is 0.149. The zero-order valence-electron chi connectivity index (χ0n) is 24.8. The normalized spacial score (nSPS) is 23.4. The Balaban J connectivity index is 1.40. The Morgan fingerprint density at radius 1 is 1.07 bits per heavy atom. The third kappa shape index (κ3) is 7.57. The topological polar surface area (TPSA) is 115 Å². The lowest BCUT2D eigenvalue weighted by Gasteiger charge is -2.30. The zero-order valence-corrected chi connectivity index (χ0v) is 25.6. The molecule has 0 bridgehead atoms. The fraction of sp³-hybridized carbons (Fsp3) is 0.690. The zero-order chi connectivity index (χ0) is 30.7. The average molecular weight is 614 g/mol. The van der Waals surface area contributed by atoms with Gasteiger partial charge in [0, 0.05) is 43.7 Å². The number of ether oxygens (including phenoxy) is 1. The highest BCUT2D eigenvalue weighted by Crippen LogP contribution is 2.40. The van der Waals surface area contributed by atoms with E-state index in [2.05, 4.69) is 20.7 Å². The maximum Gasteiger partial charge on any atom is 0.391 e. The fourth-order valence-corrected chi connectivity index (χ4v) is 7.37. The van der Waals surface area contributed by atoms with Gasteiger partial charge >= 0.3 is 6.18 Å². The minimum atomic E-state index is -4.12. The molecule has 0 unspecified atom stereocenters. The summed E-state index contributed by atoms with van der Waals surface area (Å²) in [5.74, 6) is 0.000933. The van der Waals surface area contributed by atoms with E-state index in [0.29, 0.717) is 73.7 Å². The summed E-state index contributed by atoms with van der Waals surface area (Å²) >= 11 is 0. The van der Waals surface area contributed by atoms with E-state index < -0.39 is 21.9 Å². The number of pyridine rings is 1. The average Bonchev–Trinajstić information content (AvgIpc) is 3.30. The van der Waals surface area contributed by atoms with Crippen LogP contribution in [0.5, 0.6) is 5.75 Å². The molecule has 2 heterocycles. The maximum absolute atomic E-state index is 13.2. The number of rotatable bonds is 10. The second kappa shape index (κ2) is 13.2. The molecule has 13 heteroatoms. The predicted octanol–water partition coefficient (Wildman–Crippen LogP) is 5.40. The van der Waals surface area contributed by atoms with Crippen LogP contribution in [0.25, 0.3) is 11.3 Å². The van der Waals surface area contributed by atoms with Gasteiger partial charge in [-0.1, -0.05) is 0 Å². The van der Waals surface area contributed by atoms with Crippen molar-refractivity contribution >= 4 is 21.6 Å². The van der Waals surface area contributed by atoms with E-state index in [0.717, 1.165) is 18.5 Å². The van der Waals surface area contributed by atoms with Gasteiger partial charge in [0.2, 0.25) is 0 Å². The van der Waals surface area contributed by atoms with Crippen LogP contribution >= 0.6 is 0 Å². The first-order valence-electron chi connectivity index (χ1n) is 14.7. The van der Waals surface area contributed by atoms with E-state index in [-0.39, 0.29) is 35.8 Å². The van der Waals surface area contributed by atoms with Crippen LogP contribution in [-0.2, 0) is 16.4 Å². The molecule has 2 aliphatic carbocycles. The molecular weight excluding hydrogens is 571 g/mol. The smallest absolute Gasteiger partial charge is 0.391 e. The number of alkyl halides is 3. The van der Waals surface area contributed by atoms with E-state index in [1.54, 1.807) is 24.1 Å². The van der Waals surface area contributed by atoms with Gasteiger partial charge in [0.15, 0.2) is 5.69 Å². The molecule has 2 saturated carbocycles. The number of hydrogen-bond acceptors (Lipinski definition) is 7. The molecular formula is C29H42F3N5O4S. The van der Waals surface area contributed by atoms with Crippen LogP contribution in [-0.4, -0.2) is 67.0 Å². The summed E-state index contributed by atoms with van der Waals surface area (Å²) < 4.78 is 70.0. The predicted molar refractivity (Wildman–Crippen MR) is 155 cm³/mol. The molecule has 2 aromatic rings. The van der Waals surface area contributed by atoms with E-state index in [1.165, 1.54) is 6.26 Å². The molecule has 1 amide bonds. The van der Waals surface area contributed by atoms with Crippen molar-refractivity contribution in [2.45, 2.75) is 83.2 Å². The summed E-state index contributed by atoms with van der Waals surface area (Å²) in [6, 6.07) is 1.76. The summed E-state index contributed by atoms with van der Waals surface area (Å²) in [6.07, 6.45) is 2.93. The maximum atomic E-state index is 13.2. The van der Waals surface area contributed by atoms with Crippen molar-refractivity contribution in [1.29, 1.82) is 0 Å². The first-order chi connectivity index (χ1) is 19.8. The number of carbonyl (C=O) groups excluding carboxylic acids is 1. The number of amides is 1. The van der Waals surface area contributed by atoms with Gasteiger partial charge in [-0.3, -0.25) is 9.48 Å². The van der Waals surface area contributed by atoms with E-state index in [9.17, 15) is 26.4 Å². The van der Waals surface area contributed by atoms with Crippen molar-refractivity contribution in [3.05, 3.63) is 23.5 Å². The highest BCUT2D eigenvalue weighted by atomic mass is 32.2.